The number of likely N-dealkylation sites (N-methyl/N-ethyl adjacent to an activating group) is 1. The van der Waals surface area contributed by atoms with Crippen molar-refractivity contribution in [1.82, 2.24) is 15.1 Å². The molecule has 1 aliphatic rings. The van der Waals surface area contributed by atoms with E-state index in [1.165, 1.54) is 18.2 Å². The Morgan fingerprint density at radius 3 is 2.62 bits per heavy atom. The third kappa shape index (κ3) is 6.06. The molecule has 1 saturated heterocycles. The van der Waals surface area contributed by atoms with Gasteiger partial charge in [0.25, 0.3) is 0 Å². The molecule has 0 aliphatic carbocycles. The number of ether oxygens (including phenoxy) is 1. The number of carbonyl (C=O) groups excluding carboxylic acids is 2. The van der Waals surface area contributed by atoms with E-state index >= 15 is 0 Å². The molecule has 1 aliphatic heterocycles. The fourth-order valence-electron chi connectivity index (χ4n) is 2.53. The minimum absolute atomic E-state index is 0.00245. The fraction of sp³-hybridized carbons (Fsp3) is 0.412. The molecule has 0 bridgehead atoms. The van der Waals surface area contributed by atoms with Crippen LogP contribution in [0.15, 0.2) is 28.7 Å². The lowest BCUT2D eigenvalue weighted by Crippen LogP contribution is -2.50. The molecule has 1 aromatic carbocycles. The molecule has 0 unspecified atom stereocenters. The lowest BCUT2D eigenvalue weighted by atomic mass is 10.2. The maximum atomic E-state index is 12.5. The second kappa shape index (κ2) is 9.63. The van der Waals surface area contributed by atoms with E-state index in [0.29, 0.717) is 42.8 Å². The van der Waals surface area contributed by atoms with E-state index in [-0.39, 0.29) is 17.6 Å². The lowest BCUT2D eigenvalue weighted by molar-refractivity contribution is -0.128. The average Bonchev–Trinajstić information content (AvgIpc) is 2.61. The van der Waals surface area contributed by atoms with Crippen LogP contribution in [0.2, 0.25) is 0 Å². The molecule has 1 aromatic rings. The zero-order valence-corrected chi connectivity index (χ0v) is 15.8. The van der Waals surface area contributed by atoms with Crippen molar-refractivity contribution in [2.24, 2.45) is 0 Å². The molecule has 1 N–H and O–H groups in total. The van der Waals surface area contributed by atoms with Crippen molar-refractivity contribution in [1.29, 1.82) is 0 Å². The van der Waals surface area contributed by atoms with Crippen molar-refractivity contribution in [2.45, 2.75) is 6.61 Å². The van der Waals surface area contributed by atoms with E-state index < -0.39 is 6.61 Å². The minimum atomic E-state index is -2.94. The lowest BCUT2D eigenvalue weighted by Gasteiger charge is -2.33. The predicted octanol–water partition coefficient (Wildman–Crippen LogP) is 1.95. The highest BCUT2D eigenvalue weighted by molar-refractivity contribution is 9.10. The summed E-state index contributed by atoms with van der Waals surface area (Å²) in [6.45, 7) is -0.432. The maximum Gasteiger partial charge on any atom is 0.387 e. The monoisotopic (exact) mass is 431 g/mol. The van der Waals surface area contributed by atoms with Gasteiger partial charge in [-0.1, -0.05) is 15.9 Å². The Morgan fingerprint density at radius 2 is 2.00 bits per heavy atom. The Kier molecular flexibility index (Phi) is 7.52. The van der Waals surface area contributed by atoms with Gasteiger partial charge >= 0.3 is 6.61 Å². The Balaban J connectivity index is 1.96. The summed E-state index contributed by atoms with van der Waals surface area (Å²) in [5, 5.41) is 2.57. The van der Waals surface area contributed by atoms with Crippen molar-refractivity contribution in [3.8, 4) is 5.75 Å². The van der Waals surface area contributed by atoms with Crippen molar-refractivity contribution >= 4 is 33.8 Å². The first-order valence-corrected chi connectivity index (χ1v) is 8.82. The summed E-state index contributed by atoms with van der Waals surface area (Å²) in [6.07, 6.45) is 2.80. The van der Waals surface area contributed by atoms with E-state index in [4.69, 9.17) is 0 Å². The van der Waals surface area contributed by atoms with Crippen molar-refractivity contribution in [2.75, 3.05) is 39.8 Å². The molecule has 2 rings (SSSR count). The van der Waals surface area contributed by atoms with Crippen LogP contribution in [0, 0.1) is 0 Å². The largest absolute Gasteiger partial charge is 0.434 e. The van der Waals surface area contributed by atoms with Crippen LogP contribution in [-0.4, -0.2) is 68.0 Å². The number of piperazine rings is 1. The average molecular weight is 432 g/mol. The van der Waals surface area contributed by atoms with Gasteiger partial charge in [0.1, 0.15) is 5.75 Å². The number of alkyl halides is 2. The zero-order chi connectivity index (χ0) is 19.1. The Bertz CT molecular complexity index is 677. The van der Waals surface area contributed by atoms with Gasteiger partial charge in [-0.25, -0.2) is 0 Å². The smallest absolute Gasteiger partial charge is 0.387 e. The highest BCUT2D eigenvalue weighted by Gasteiger charge is 2.21. The molecule has 0 atom stereocenters. The normalized spacial score (nSPS) is 15.5. The standard InChI is InChI=1S/C17H20BrF2N3O3/c1-21-15(24)11-22-6-8-23(9-7-22)16(25)5-2-12-10-13(18)3-4-14(12)26-17(19)20/h2-5,10,17H,6-9,11H2,1H3,(H,21,24)/b5-2+. The van der Waals surface area contributed by atoms with Gasteiger partial charge in [-0.3, -0.25) is 14.5 Å². The summed E-state index contributed by atoms with van der Waals surface area (Å²) in [4.78, 5) is 27.3. The molecule has 1 fully saturated rings. The van der Waals surface area contributed by atoms with Gasteiger partial charge in [-0.05, 0) is 24.3 Å². The van der Waals surface area contributed by atoms with Crippen LogP contribution in [0.3, 0.4) is 0 Å². The second-order valence-electron chi connectivity index (χ2n) is 5.67. The van der Waals surface area contributed by atoms with Crippen LogP contribution in [0.5, 0.6) is 5.75 Å². The fourth-order valence-corrected chi connectivity index (χ4v) is 2.91. The molecule has 9 heteroatoms. The van der Waals surface area contributed by atoms with E-state index in [2.05, 4.69) is 26.0 Å². The van der Waals surface area contributed by atoms with E-state index in [0.717, 1.165) is 0 Å². The van der Waals surface area contributed by atoms with E-state index in [1.807, 2.05) is 4.90 Å². The molecular formula is C17H20BrF2N3O3. The van der Waals surface area contributed by atoms with Gasteiger partial charge in [0.2, 0.25) is 11.8 Å². The molecule has 0 radical (unpaired) electrons. The van der Waals surface area contributed by atoms with Crippen molar-refractivity contribution in [3.05, 3.63) is 34.3 Å². The van der Waals surface area contributed by atoms with Gasteiger partial charge in [-0.15, -0.1) is 0 Å². The van der Waals surface area contributed by atoms with Crippen LogP contribution in [-0.2, 0) is 9.59 Å². The van der Waals surface area contributed by atoms with Crippen LogP contribution in [0.4, 0.5) is 8.78 Å². The Hall–Kier alpha value is -2.00. The topological polar surface area (TPSA) is 61.9 Å². The molecule has 0 spiro atoms. The third-order valence-electron chi connectivity index (χ3n) is 3.92. The highest BCUT2D eigenvalue weighted by atomic mass is 79.9. The first kappa shape index (κ1) is 20.3. The maximum absolute atomic E-state index is 12.5. The van der Waals surface area contributed by atoms with Crippen molar-refractivity contribution < 1.29 is 23.1 Å². The molecule has 0 aromatic heterocycles. The number of rotatable bonds is 6. The molecule has 2 amide bonds. The second-order valence-corrected chi connectivity index (χ2v) is 6.58. The summed E-state index contributed by atoms with van der Waals surface area (Å²) in [7, 11) is 1.58. The number of amides is 2. The highest BCUT2D eigenvalue weighted by Crippen LogP contribution is 2.26. The summed E-state index contributed by atoms with van der Waals surface area (Å²) in [5.41, 5.74) is 0.381. The molecule has 26 heavy (non-hydrogen) atoms. The molecule has 0 saturated carbocycles. The van der Waals surface area contributed by atoms with Gasteiger partial charge < -0.3 is 15.0 Å². The number of halogens is 3. The molecule has 1 heterocycles. The van der Waals surface area contributed by atoms with E-state index in [9.17, 15) is 18.4 Å². The van der Waals surface area contributed by atoms with Gasteiger partial charge in [0.05, 0.1) is 6.54 Å². The number of hydrogen-bond donors (Lipinski definition) is 1. The first-order valence-electron chi connectivity index (χ1n) is 8.03. The number of hydrogen-bond acceptors (Lipinski definition) is 4. The summed E-state index contributed by atoms with van der Waals surface area (Å²) in [5.74, 6) is -0.277. The number of benzene rings is 1. The van der Waals surface area contributed by atoms with Crippen LogP contribution in [0.25, 0.3) is 6.08 Å². The SMILES string of the molecule is CNC(=O)CN1CCN(C(=O)/C=C/c2cc(Br)ccc2OC(F)F)CC1. The first-order chi connectivity index (χ1) is 12.4. The quantitative estimate of drug-likeness (QED) is 0.699. The molecule has 142 valence electrons. The van der Waals surface area contributed by atoms with Gasteiger partial charge in [0, 0.05) is 49.3 Å². The van der Waals surface area contributed by atoms with E-state index in [1.54, 1.807) is 24.1 Å². The third-order valence-corrected chi connectivity index (χ3v) is 4.42. The molecular weight excluding hydrogens is 412 g/mol. The minimum Gasteiger partial charge on any atom is -0.434 e. The van der Waals surface area contributed by atoms with Crippen LogP contribution >= 0.6 is 15.9 Å². The number of nitrogens with one attached hydrogen (secondary N) is 1. The van der Waals surface area contributed by atoms with Crippen molar-refractivity contribution in [3.63, 3.8) is 0 Å². The number of carbonyl (C=O) groups is 2. The van der Waals surface area contributed by atoms with Gasteiger partial charge in [-0.2, -0.15) is 8.78 Å². The predicted molar refractivity (Wildman–Crippen MR) is 96.9 cm³/mol. The summed E-state index contributed by atoms with van der Waals surface area (Å²) < 4.78 is 30.1. The van der Waals surface area contributed by atoms with Crippen LogP contribution in [0.1, 0.15) is 5.56 Å². The summed E-state index contributed by atoms with van der Waals surface area (Å²) in [6, 6.07) is 4.60. The summed E-state index contributed by atoms with van der Waals surface area (Å²) >= 11 is 3.27. The molecule has 6 nitrogen and oxygen atoms in total. The Labute approximate surface area is 158 Å². The Morgan fingerprint density at radius 1 is 1.31 bits per heavy atom. The van der Waals surface area contributed by atoms with Gasteiger partial charge in [0.15, 0.2) is 0 Å². The van der Waals surface area contributed by atoms with Crippen LogP contribution < -0.4 is 10.1 Å². The number of nitrogens with zero attached hydrogens (tertiary/aromatic N) is 2. The zero-order valence-electron chi connectivity index (χ0n) is 14.3.